The van der Waals surface area contributed by atoms with Crippen LogP contribution in [0.3, 0.4) is 0 Å². The van der Waals surface area contributed by atoms with Crippen LogP contribution in [0.2, 0.25) is 0 Å². The number of rotatable bonds is 7. The van der Waals surface area contributed by atoms with Crippen molar-refractivity contribution in [3.05, 3.63) is 60.2 Å². The first kappa shape index (κ1) is 17.0. The van der Waals surface area contributed by atoms with Crippen LogP contribution < -0.4 is 15.4 Å². The first-order valence-corrected chi connectivity index (χ1v) is 8.47. The second-order valence-electron chi connectivity index (χ2n) is 6.26. The van der Waals surface area contributed by atoms with Crippen molar-refractivity contribution in [3.63, 3.8) is 0 Å². The lowest BCUT2D eigenvalue weighted by Crippen LogP contribution is -2.33. The standard InChI is InChI=1S/C20H22N2O3/c1-14(23)21-17-9-5-6-10-18(17)25-13-19(24)22-20(16-11-12-16)15-7-3-2-4-8-15/h2-10,16,20H,11-13H2,1H3,(H,21,23)(H,22,24)/t20-/m0/s1. The van der Waals surface area contributed by atoms with Gasteiger partial charge in [0.15, 0.2) is 6.61 Å². The van der Waals surface area contributed by atoms with Crippen molar-refractivity contribution in [2.45, 2.75) is 25.8 Å². The summed E-state index contributed by atoms with van der Waals surface area (Å²) in [7, 11) is 0. The summed E-state index contributed by atoms with van der Waals surface area (Å²) >= 11 is 0. The molecule has 2 N–H and O–H groups in total. The van der Waals surface area contributed by atoms with Gasteiger partial charge in [-0.3, -0.25) is 9.59 Å². The SMILES string of the molecule is CC(=O)Nc1ccccc1OCC(=O)N[C@@H](c1ccccc1)C1CC1. The Morgan fingerprint density at radius 2 is 1.76 bits per heavy atom. The molecule has 0 unspecified atom stereocenters. The molecule has 130 valence electrons. The van der Waals surface area contributed by atoms with E-state index in [1.54, 1.807) is 24.3 Å². The lowest BCUT2D eigenvalue weighted by molar-refractivity contribution is -0.124. The number of hydrogen-bond donors (Lipinski definition) is 2. The Bertz CT molecular complexity index is 742. The quantitative estimate of drug-likeness (QED) is 0.814. The molecular formula is C20H22N2O3. The molecule has 1 aliphatic rings. The molecule has 1 saturated carbocycles. The second-order valence-corrected chi connectivity index (χ2v) is 6.26. The number of hydrogen-bond acceptors (Lipinski definition) is 3. The summed E-state index contributed by atoms with van der Waals surface area (Å²) in [5.74, 6) is 0.630. The first-order chi connectivity index (χ1) is 12.1. The minimum Gasteiger partial charge on any atom is -0.482 e. The molecule has 3 rings (SSSR count). The van der Waals surface area contributed by atoms with Gasteiger partial charge in [0.25, 0.3) is 5.91 Å². The summed E-state index contributed by atoms with van der Waals surface area (Å²) < 4.78 is 5.61. The number of carbonyl (C=O) groups is 2. The number of nitrogens with one attached hydrogen (secondary N) is 2. The Hall–Kier alpha value is -2.82. The topological polar surface area (TPSA) is 67.4 Å². The van der Waals surface area contributed by atoms with Gasteiger partial charge in [0.05, 0.1) is 11.7 Å². The predicted molar refractivity (Wildman–Crippen MR) is 96.3 cm³/mol. The third kappa shape index (κ3) is 4.83. The fraction of sp³-hybridized carbons (Fsp3) is 0.300. The third-order valence-electron chi connectivity index (χ3n) is 4.13. The monoisotopic (exact) mass is 338 g/mol. The van der Waals surface area contributed by atoms with E-state index in [0.717, 1.165) is 18.4 Å². The van der Waals surface area contributed by atoms with Gasteiger partial charge >= 0.3 is 0 Å². The van der Waals surface area contributed by atoms with Crippen molar-refractivity contribution in [1.82, 2.24) is 5.32 Å². The van der Waals surface area contributed by atoms with E-state index in [1.165, 1.54) is 6.92 Å². The Morgan fingerprint density at radius 3 is 2.44 bits per heavy atom. The van der Waals surface area contributed by atoms with Gasteiger partial charge in [-0.25, -0.2) is 0 Å². The highest BCUT2D eigenvalue weighted by molar-refractivity contribution is 5.90. The van der Waals surface area contributed by atoms with Crippen molar-refractivity contribution < 1.29 is 14.3 Å². The molecule has 2 aromatic carbocycles. The zero-order valence-corrected chi connectivity index (χ0v) is 14.2. The van der Waals surface area contributed by atoms with Gasteiger partial charge in [0.2, 0.25) is 5.91 Å². The molecule has 2 aromatic rings. The fourth-order valence-electron chi connectivity index (χ4n) is 2.81. The molecule has 1 atom stereocenters. The van der Waals surface area contributed by atoms with Gasteiger partial charge in [0.1, 0.15) is 5.75 Å². The van der Waals surface area contributed by atoms with Gasteiger partial charge in [-0.15, -0.1) is 0 Å². The van der Waals surface area contributed by atoms with Gasteiger partial charge in [-0.05, 0) is 36.5 Å². The van der Waals surface area contributed by atoms with E-state index >= 15 is 0 Å². The number of anilines is 1. The molecule has 0 aromatic heterocycles. The molecule has 0 radical (unpaired) electrons. The molecule has 0 saturated heterocycles. The average molecular weight is 338 g/mol. The summed E-state index contributed by atoms with van der Waals surface area (Å²) in [6, 6.07) is 17.1. The van der Waals surface area contributed by atoms with Crippen LogP contribution in [0.25, 0.3) is 0 Å². The van der Waals surface area contributed by atoms with Gasteiger partial charge in [-0.1, -0.05) is 42.5 Å². The van der Waals surface area contributed by atoms with Crippen molar-refractivity contribution in [2.24, 2.45) is 5.92 Å². The second kappa shape index (κ2) is 7.83. The molecule has 2 amide bonds. The minimum atomic E-state index is -0.182. The van der Waals surface area contributed by atoms with Crippen molar-refractivity contribution in [1.29, 1.82) is 0 Å². The zero-order valence-electron chi connectivity index (χ0n) is 14.2. The summed E-state index contributed by atoms with van der Waals surface area (Å²) in [6.45, 7) is 1.34. The van der Waals surface area contributed by atoms with Crippen LogP contribution in [0, 0.1) is 5.92 Å². The number of para-hydroxylation sites is 2. The van der Waals surface area contributed by atoms with E-state index in [1.807, 2.05) is 30.3 Å². The van der Waals surface area contributed by atoms with Crippen molar-refractivity contribution in [2.75, 3.05) is 11.9 Å². The van der Waals surface area contributed by atoms with Crippen molar-refractivity contribution >= 4 is 17.5 Å². The number of amides is 2. The highest BCUT2D eigenvalue weighted by Gasteiger charge is 2.33. The Labute approximate surface area is 147 Å². The van der Waals surface area contributed by atoms with Crippen LogP contribution in [0.4, 0.5) is 5.69 Å². The molecule has 0 aliphatic heterocycles. The van der Waals surface area contributed by atoms with Crippen LogP contribution in [0.5, 0.6) is 5.75 Å². The summed E-state index contributed by atoms with van der Waals surface area (Å²) in [4.78, 5) is 23.6. The molecule has 1 fully saturated rings. The molecule has 25 heavy (non-hydrogen) atoms. The lowest BCUT2D eigenvalue weighted by Gasteiger charge is -2.19. The van der Waals surface area contributed by atoms with E-state index in [9.17, 15) is 9.59 Å². The molecule has 5 heteroatoms. The molecule has 0 spiro atoms. The fourth-order valence-corrected chi connectivity index (χ4v) is 2.81. The number of benzene rings is 2. The van der Waals surface area contributed by atoms with Crippen LogP contribution in [-0.4, -0.2) is 18.4 Å². The molecular weight excluding hydrogens is 316 g/mol. The van der Waals surface area contributed by atoms with Crippen molar-refractivity contribution in [3.8, 4) is 5.75 Å². The molecule has 0 heterocycles. The van der Waals surface area contributed by atoms with Crippen LogP contribution in [0.1, 0.15) is 31.4 Å². The Balaban J connectivity index is 1.60. The Kier molecular flexibility index (Phi) is 5.33. The minimum absolute atomic E-state index is 0.0305. The zero-order chi connectivity index (χ0) is 17.6. The first-order valence-electron chi connectivity index (χ1n) is 8.47. The lowest BCUT2D eigenvalue weighted by atomic mass is 10.0. The maximum absolute atomic E-state index is 12.3. The largest absolute Gasteiger partial charge is 0.482 e. The van der Waals surface area contributed by atoms with E-state index in [4.69, 9.17) is 4.74 Å². The number of carbonyl (C=O) groups excluding carboxylic acids is 2. The van der Waals surface area contributed by atoms with Gasteiger partial charge in [0, 0.05) is 6.92 Å². The van der Waals surface area contributed by atoms with Crippen LogP contribution >= 0.6 is 0 Å². The maximum Gasteiger partial charge on any atom is 0.258 e. The predicted octanol–water partition coefficient (Wildman–Crippen LogP) is 3.29. The smallest absolute Gasteiger partial charge is 0.258 e. The summed E-state index contributed by atoms with van der Waals surface area (Å²) in [5, 5.41) is 5.77. The average Bonchev–Trinajstić information content (AvgIpc) is 3.44. The van der Waals surface area contributed by atoms with E-state index in [2.05, 4.69) is 10.6 Å². The summed E-state index contributed by atoms with van der Waals surface area (Å²) in [5.41, 5.74) is 1.68. The van der Waals surface area contributed by atoms with Gasteiger partial charge < -0.3 is 15.4 Å². The number of ether oxygens (including phenoxy) is 1. The summed E-state index contributed by atoms with van der Waals surface area (Å²) in [6.07, 6.45) is 2.26. The van der Waals surface area contributed by atoms with Gasteiger partial charge in [-0.2, -0.15) is 0 Å². The van der Waals surface area contributed by atoms with Crippen LogP contribution in [0.15, 0.2) is 54.6 Å². The highest BCUT2D eigenvalue weighted by Crippen LogP contribution is 2.40. The molecule has 1 aliphatic carbocycles. The van der Waals surface area contributed by atoms with E-state index in [0.29, 0.717) is 17.4 Å². The highest BCUT2D eigenvalue weighted by atomic mass is 16.5. The van der Waals surface area contributed by atoms with Crippen LogP contribution in [-0.2, 0) is 9.59 Å². The third-order valence-corrected chi connectivity index (χ3v) is 4.13. The van der Waals surface area contributed by atoms with E-state index < -0.39 is 0 Å². The molecule has 5 nitrogen and oxygen atoms in total. The maximum atomic E-state index is 12.3. The normalized spacial score (nSPS) is 14.4. The van der Waals surface area contributed by atoms with E-state index in [-0.39, 0.29) is 24.5 Å². The Morgan fingerprint density at radius 1 is 1.08 bits per heavy atom. The molecule has 0 bridgehead atoms.